The van der Waals surface area contributed by atoms with Gasteiger partial charge in [-0.15, -0.1) is 53.6 Å². The largest absolute Gasteiger partial charge is 0.501 e. The maximum Gasteiger partial charge on any atom is 0.121 e. The number of pyridine rings is 2. The first kappa shape index (κ1) is 28.2. The number of nitrogens with zero attached hydrogens (tertiary/aromatic N) is 2. The van der Waals surface area contributed by atoms with E-state index < -0.39 is 13.7 Å². The number of hydrogen-bond donors (Lipinski definition) is 0. The van der Waals surface area contributed by atoms with Crippen molar-refractivity contribution in [3.05, 3.63) is 169 Å². The van der Waals surface area contributed by atoms with E-state index in [0.29, 0.717) is 11.3 Å². The van der Waals surface area contributed by atoms with E-state index in [1.807, 2.05) is 12.3 Å². The molecule has 0 fully saturated rings. The van der Waals surface area contributed by atoms with Crippen LogP contribution >= 0.6 is 0 Å². The molecule has 0 bridgehead atoms. The molecule has 52 heavy (non-hydrogen) atoms. The number of aryl methyl sites for hydroxylation is 2. The maximum atomic E-state index is 7.28. The van der Waals surface area contributed by atoms with E-state index in [-0.39, 0.29) is 36.6 Å². The number of rotatable bonds is 3. The van der Waals surface area contributed by atoms with Crippen LogP contribution in [0.5, 0.6) is 0 Å². The molecule has 0 spiro atoms. The normalized spacial score (nSPS) is 13.6. The molecule has 0 unspecified atom stereocenters. The van der Waals surface area contributed by atoms with Crippen LogP contribution in [0.1, 0.15) is 45.7 Å². The molecule has 0 saturated carbocycles. The van der Waals surface area contributed by atoms with Crippen LogP contribution in [0.25, 0.3) is 77.1 Å². The van der Waals surface area contributed by atoms with Crippen molar-refractivity contribution < 1.29 is 32.7 Å². The molecule has 0 atom stereocenters. The molecule has 0 saturated heterocycles. The van der Waals surface area contributed by atoms with Gasteiger partial charge in [0.05, 0.1) is 5.58 Å². The summed E-state index contributed by atoms with van der Waals surface area (Å²) in [5, 5.41) is 7.08. The molecule has 0 aliphatic carbocycles. The third kappa shape index (κ3) is 6.93. The van der Waals surface area contributed by atoms with E-state index in [1.165, 1.54) is 57.1 Å². The molecule has 3 heterocycles. The Hall–Kier alpha value is -5.41. The van der Waals surface area contributed by atoms with Crippen LogP contribution in [0.15, 0.2) is 144 Å². The number of fused-ring (bicyclic) bond motifs is 6. The van der Waals surface area contributed by atoms with Crippen molar-refractivity contribution in [1.29, 1.82) is 0 Å². The molecule has 6 aromatic carbocycles. The van der Waals surface area contributed by atoms with Crippen LogP contribution in [-0.4, -0.2) is 9.97 Å². The zero-order valence-corrected chi connectivity index (χ0v) is 31.3. The Morgan fingerprint density at radius 1 is 0.635 bits per heavy atom. The summed E-state index contributed by atoms with van der Waals surface area (Å²) in [7, 11) is 0. The third-order valence-electron chi connectivity index (χ3n) is 9.25. The van der Waals surface area contributed by atoms with E-state index in [2.05, 4.69) is 129 Å². The minimum atomic E-state index is -2.18. The van der Waals surface area contributed by atoms with Gasteiger partial charge in [-0.25, -0.2) is 0 Å². The van der Waals surface area contributed by atoms with Crippen LogP contribution in [0.4, 0.5) is 0 Å². The first-order chi connectivity index (χ1) is 27.1. The molecule has 4 heteroatoms. The van der Waals surface area contributed by atoms with Crippen molar-refractivity contribution in [2.24, 2.45) is 0 Å². The average molecular weight is 857 g/mol. The van der Waals surface area contributed by atoms with Gasteiger partial charge in [0.15, 0.2) is 0 Å². The minimum Gasteiger partial charge on any atom is -0.501 e. The standard InChI is InChI=1S/C35H26NO.C13H12N.Ir/c1-35(2,3)26-15-13-22(14-16-26)24-17-18-36-32(20-24)29-10-6-9-28-31-19-25-12-11-23-7-4-5-8-27(23)30(25)21-33(31)37-34(28)29;1-10-3-6-12(7-4-10)13-8-5-11(2)9-14-13;/h4-9,11-21H,1-3H3;3-6,8-9H,1-2H3;/q2*-1;/i;1D3,2D3;. The Morgan fingerprint density at radius 3 is 2.19 bits per heavy atom. The second-order valence-corrected chi connectivity index (χ2v) is 13.7. The predicted octanol–water partition coefficient (Wildman–Crippen LogP) is 12.9. The van der Waals surface area contributed by atoms with E-state index in [4.69, 9.17) is 17.6 Å². The molecule has 9 rings (SSSR count). The van der Waals surface area contributed by atoms with Crippen LogP contribution in [-0.2, 0) is 25.5 Å². The summed E-state index contributed by atoms with van der Waals surface area (Å²) in [5.41, 5.74) is 8.75. The minimum absolute atomic E-state index is 0. The first-order valence-electron chi connectivity index (χ1n) is 19.9. The smallest absolute Gasteiger partial charge is 0.121 e. The van der Waals surface area contributed by atoms with Crippen molar-refractivity contribution in [3.8, 4) is 33.6 Å². The zero-order valence-electron chi connectivity index (χ0n) is 34.9. The molecular formula is C48H38IrN2O-2. The van der Waals surface area contributed by atoms with Crippen LogP contribution in [0.3, 0.4) is 0 Å². The summed E-state index contributed by atoms with van der Waals surface area (Å²) in [6.07, 6.45) is 3.17. The van der Waals surface area contributed by atoms with E-state index in [9.17, 15) is 0 Å². The predicted molar refractivity (Wildman–Crippen MR) is 213 cm³/mol. The van der Waals surface area contributed by atoms with Gasteiger partial charge in [-0.1, -0.05) is 117 Å². The van der Waals surface area contributed by atoms with Crippen molar-refractivity contribution in [2.75, 3.05) is 0 Å². The van der Waals surface area contributed by atoms with Gasteiger partial charge in [0.2, 0.25) is 0 Å². The summed E-state index contributed by atoms with van der Waals surface area (Å²) in [6.45, 7) is 2.37. The van der Waals surface area contributed by atoms with Crippen molar-refractivity contribution in [3.63, 3.8) is 0 Å². The number of hydrogen-bond acceptors (Lipinski definition) is 3. The van der Waals surface area contributed by atoms with Gasteiger partial charge in [-0.05, 0) is 85.7 Å². The Balaban J connectivity index is 0.000000208. The monoisotopic (exact) mass is 857 g/mol. The second-order valence-electron chi connectivity index (χ2n) is 13.7. The van der Waals surface area contributed by atoms with Gasteiger partial charge in [0, 0.05) is 46.1 Å². The first-order valence-corrected chi connectivity index (χ1v) is 16.9. The van der Waals surface area contributed by atoms with Crippen LogP contribution < -0.4 is 0 Å². The van der Waals surface area contributed by atoms with Gasteiger partial charge in [-0.3, -0.25) is 0 Å². The molecule has 0 amide bonds. The Kier molecular flexibility index (Phi) is 7.76. The zero-order chi connectivity index (χ0) is 40.1. The van der Waals surface area contributed by atoms with Gasteiger partial charge < -0.3 is 14.4 Å². The van der Waals surface area contributed by atoms with E-state index >= 15 is 0 Å². The van der Waals surface area contributed by atoms with Gasteiger partial charge >= 0.3 is 0 Å². The van der Waals surface area contributed by atoms with Crippen molar-refractivity contribution in [1.82, 2.24) is 9.97 Å². The van der Waals surface area contributed by atoms with Crippen LogP contribution in [0, 0.1) is 25.8 Å². The molecule has 3 nitrogen and oxygen atoms in total. The Morgan fingerprint density at radius 2 is 1.44 bits per heavy atom. The van der Waals surface area contributed by atoms with E-state index in [0.717, 1.165) is 38.8 Å². The fourth-order valence-corrected chi connectivity index (χ4v) is 6.48. The molecular weight excluding hydrogens is 813 g/mol. The number of furan rings is 1. The SMILES string of the molecule is CC(C)(C)c1ccc(-c2ccnc(-c3[c-]ccc4c3oc3cc5c(ccc6ccccc65)cc34)c2)cc1.[2H]C([2H])([2H])c1c[c-]c(-c2ccc(C([2H])([2H])[2H])cn2)cc1.[Ir]. The Bertz CT molecular complexity index is 2840. The quantitative estimate of drug-likeness (QED) is 0.131. The molecule has 0 aliphatic rings. The van der Waals surface area contributed by atoms with E-state index in [1.54, 1.807) is 12.1 Å². The fourth-order valence-electron chi connectivity index (χ4n) is 6.48. The second kappa shape index (κ2) is 14.3. The number of aromatic nitrogens is 2. The molecule has 9 aromatic rings. The molecule has 257 valence electrons. The molecule has 0 N–H and O–H groups in total. The fraction of sp³-hybridized carbons (Fsp3) is 0.125. The summed E-state index contributed by atoms with van der Waals surface area (Å²) in [5.74, 6) is 0. The maximum absolute atomic E-state index is 7.28. The third-order valence-corrected chi connectivity index (χ3v) is 9.25. The van der Waals surface area contributed by atoms with Gasteiger partial charge in [-0.2, -0.15) is 0 Å². The van der Waals surface area contributed by atoms with Gasteiger partial charge in [0.1, 0.15) is 5.58 Å². The number of benzene rings is 6. The van der Waals surface area contributed by atoms with Crippen molar-refractivity contribution in [2.45, 2.75) is 39.9 Å². The summed E-state index contributed by atoms with van der Waals surface area (Å²) < 4.78 is 50.2. The van der Waals surface area contributed by atoms with Crippen LogP contribution in [0.2, 0.25) is 0 Å². The topological polar surface area (TPSA) is 38.9 Å². The summed E-state index contributed by atoms with van der Waals surface area (Å²) in [4.78, 5) is 8.79. The Labute approximate surface area is 327 Å². The summed E-state index contributed by atoms with van der Waals surface area (Å²) >= 11 is 0. The van der Waals surface area contributed by atoms with Gasteiger partial charge in [0.25, 0.3) is 0 Å². The summed E-state index contributed by atoms with van der Waals surface area (Å²) in [6, 6.07) is 48.2. The average Bonchev–Trinajstić information content (AvgIpc) is 3.57. The molecule has 3 aromatic heterocycles. The van der Waals surface area contributed by atoms with Crippen molar-refractivity contribution >= 4 is 43.5 Å². The molecule has 1 radical (unpaired) electrons. The molecule has 0 aliphatic heterocycles.